The minimum Gasteiger partial charge on any atom is -0.481 e. The van der Waals surface area contributed by atoms with Gasteiger partial charge in [0.25, 0.3) is 5.91 Å². The molecule has 1 unspecified atom stereocenters. The molecule has 3 N–H and O–H groups in total. The van der Waals surface area contributed by atoms with E-state index >= 15 is 0 Å². The van der Waals surface area contributed by atoms with Gasteiger partial charge in [-0.3, -0.25) is 14.3 Å². The summed E-state index contributed by atoms with van der Waals surface area (Å²) in [6.45, 7) is 9.43. The lowest BCUT2D eigenvalue weighted by Gasteiger charge is -2.22. The molecule has 0 bridgehead atoms. The molecule has 236 valence electrons. The van der Waals surface area contributed by atoms with Gasteiger partial charge in [-0.05, 0) is 82.0 Å². The number of pyridine rings is 1. The molecule has 0 saturated heterocycles. The molecule has 2 aromatic heterocycles. The van der Waals surface area contributed by atoms with Crippen LogP contribution in [0.1, 0.15) is 78.1 Å². The van der Waals surface area contributed by atoms with E-state index in [1.807, 2.05) is 58.0 Å². The molecule has 1 amide bonds. The molecule has 0 saturated carbocycles. The van der Waals surface area contributed by atoms with Gasteiger partial charge in [0, 0.05) is 25.2 Å². The van der Waals surface area contributed by atoms with E-state index in [2.05, 4.69) is 21.8 Å². The first kappa shape index (κ1) is 31.7. The molecule has 45 heavy (non-hydrogen) atoms. The molecule has 2 aromatic carbocycles. The highest BCUT2D eigenvalue weighted by molar-refractivity contribution is 5.95. The molecule has 3 heterocycles. The van der Waals surface area contributed by atoms with Crippen molar-refractivity contribution in [2.24, 2.45) is 0 Å². The Morgan fingerprint density at radius 2 is 1.89 bits per heavy atom. The van der Waals surface area contributed by atoms with Gasteiger partial charge in [-0.2, -0.15) is 5.10 Å². The number of carboxylic acids is 1. The quantitative estimate of drug-likeness (QED) is 0.172. The van der Waals surface area contributed by atoms with E-state index < -0.39 is 23.5 Å². The third-order valence-corrected chi connectivity index (χ3v) is 7.57. The van der Waals surface area contributed by atoms with Crippen LogP contribution < -0.4 is 15.4 Å². The average Bonchev–Trinajstić information content (AvgIpc) is 3.42. The van der Waals surface area contributed by atoms with E-state index in [0.717, 1.165) is 36.5 Å². The Kier molecular flexibility index (Phi) is 9.83. The zero-order valence-corrected chi connectivity index (χ0v) is 26.3. The number of carbonyl (C=O) groups is 2. The largest absolute Gasteiger partial charge is 0.481 e. The number of amides is 1. The maximum Gasteiger partial charge on any atom is 0.305 e. The average molecular weight is 612 g/mol. The molecular formula is C35H41N5O5. The van der Waals surface area contributed by atoms with Gasteiger partial charge in [-0.15, -0.1) is 0 Å². The normalized spacial score (nSPS) is 13.4. The summed E-state index contributed by atoms with van der Waals surface area (Å²) in [6, 6.07) is 18.1. The number of nitrogens with one attached hydrogen (secondary N) is 2. The number of aryl methyl sites for hydroxylation is 4. The highest BCUT2D eigenvalue weighted by Gasteiger charge is 2.25. The van der Waals surface area contributed by atoms with Crippen molar-refractivity contribution in [3.05, 3.63) is 101 Å². The molecule has 5 rings (SSSR count). The summed E-state index contributed by atoms with van der Waals surface area (Å²) in [5.41, 5.74) is 4.39. The van der Waals surface area contributed by atoms with Crippen molar-refractivity contribution < 1.29 is 24.2 Å². The lowest BCUT2D eigenvalue weighted by molar-refractivity contribution is -0.137. The fourth-order valence-corrected chi connectivity index (χ4v) is 5.16. The smallest absolute Gasteiger partial charge is 0.305 e. The van der Waals surface area contributed by atoms with Gasteiger partial charge >= 0.3 is 5.97 Å². The molecule has 10 heteroatoms. The highest BCUT2D eigenvalue weighted by atomic mass is 16.5. The molecule has 0 aliphatic carbocycles. The van der Waals surface area contributed by atoms with E-state index in [9.17, 15) is 14.7 Å². The lowest BCUT2D eigenvalue weighted by atomic mass is 10.0. The Labute approximate surface area is 263 Å². The Bertz CT molecular complexity index is 1640. The number of hydrogen-bond acceptors (Lipinski definition) is 7. The number of carboxylic acid groups (broad SMARTS) is 1. The Morgan fingerprint density at radius 3 is 2.64 bits per heavy atom. The van der Waals surface area contributed by atoms with E-state index in [-0.39, 0.29) is 13.0 Å². The van der Waals surface area contributed by atoms with Crippen molar-refractivity contribution >= 4 is 17.7 Å². The van der Waals surface area contributed by atoms with Crippen LogP contribution >= 0.6 is 0 Å². The summed E-state index contributed by atoms with van der Waals surface area (Å²) in [4.78, 5) is 30.4. The van der Waals surface area contributed by atoms with Crippen molar-refractivity contribution in [1.82, 2.24) is 20.1 Å². The predicted octanol–water partition coefficient (Wildman–Crippen LogP) is 6.24. The van der Waals surface area contributed by atoms with Crippen molar-refractivity contribution in [3.8, 4) is 11.5 Å². The van der Waals surface area contributed by atoms with Crippen LogP contribution in [0.2, 0.25) is 0 Å². The summed E-state index contributed by atoms with van der Waals surface area (Å²) < 4.78 is 13.9. The van der Waals surface area contributed by atoms with E-state index in [1.165, 1.54) is 11.8 Å². The number of carbonyl (C=O) groups excluding carboxylic acids is 1. The Morgan fingerprint density at radius 1 is 1.09 bits per heavy atom. The summed E-state index contributed by atoms with van der Waals surface area (Å²) in [5, 5.41) is 20.6. The lowest BCUT2D eigenvalue weighted by Crippen LogP contribution is -2.31. The number of hydrogen-bond donors (Lipinski definition) is 3. The van der Waals surface area contributed by atoms with Crippen LogP contribution in [0, 0.1) is 6.92 Å². The third-order valence-electron chi connectivity index (χ3n) is 7.57. The summed E-state index contributed by atoms with van der Waals surface area (Å²) in [5.74, 6) is 0.673. The number of aromatic nitrogens is 3. The van der Waals surface area contributed by atoms with Gasteiger partial charge in [0.1, 0.15) is 17.3 Å². The van der Waals surface area contributed by atoms with E-state index in [1.54, 1.807) is 28.9 Å². The second-order valence-corrected chi connectivity index (χ2v) is 12.3. The number of anilines is 1. The SMILES string of the molecule is Cc1ccc(Oc2cccc(C(CC(=O)O)NC(=O)c3cnn(CCc4ccc5c(n4)NCCC5)c3COC(C)(C)C)c2)cc1. The second kappa shape index (κ2) is 13.9. The first-order valence-corrected chi connectivity index (χ1v) is 15.3. The fourth-order valence-electron chi connectivity index (χ4n) is 5.16. The van der Waals surface area contributed by atoms with Crippen LogP contribution in [0.5, 0.6) is 11.5 Å². The van der Waals surface area contributed by atoms with Crippen molar-refractivity contribution in [2.45, 2.75) is 78.2 Å². The molecule has 1 atom stereocenters. The molecule has 10 nitrogen and oxygen atoms in total. The minimum absolute atomic E-state index is 0.162. The third kappa shape index (κ3) is 8.69. The van der Waals surface area contributed by atoms with Gasteiger partial charge in [-0.1, -0.05) is 35.9 Å². The zero-order valence-electron chi connectivity index (χ0n) is 26.3. The van der Waals surface area contributed by atoms with Crippen LogP contribution in [0.25, 0.3) is 0 Å². The number of benzene rings is 2. The molecule has 0 radical (unpaired) electrons. The predicted molar refractivity (Wildman–Crippen MR) is 172 cm³/mol. The minimum atomic E-state index is -1.04. The number of aliphatic carboxylic acids is 1. The van der Waals surface area contributed by atoms with Gasteiger partial charge in [0.15, 0.2) is 0 Å². The number of nitrogens with zero attached hydrogens (tertiary/aromatic N) is 3. The standard InChI is InChI=1S/C35H41N5O5/c1-23-10-14-27(15-11-23)45-28-9-5-7-25(19-28)30(20-32(41)42)39-34(43)29-21-37-40(31(29)22-44-35(2,3)4)18-16-26-13-12-24-8-6-17-36-33(24)38-26/h5,7,9-15,19,21,30H,6,8,16-18,20,22H2,1-4H3,(H,36,38)(H,39,43)(H,41,42). The topological polar surface area (TPSA) is 128 Å². The first-order chi connectivity index (χ1) is 21.5. The van der Waals surface area contributed by atoms with Crippen molar-refractivity contribution in [2.75, 3.05) is 11.9 Å². The highest BCUT2D eigenvalue weighted by Crippen LogP contribution is 2.27. The monoisotopic (exact) mass is 611 g/mol. The summed E-state index contributed by atoms with van der Waals surface area (Å²) in [6.07, 6.45) is 3.96. The molecule has 1 aliphatic heterocycles. The van der Waals surface area contributed by atoms with Crippen LogP contribution in [0.3, 0.4) is 0 Å². The van der Waals surface area contributed by atoms with Gasteiger partial charge in [0.2, 0.25) is 0 Å². The summed E-state index contributed by atoms with van der Waals surface area (Å²) in [7, 11) is 0. The van der Waals surface area contributed by atoms with Crippen LogP contribution in [-0.4, -0.2) is 43.9 Å². The fraction of sp³-hybridized carbons (Fsp3) is 0.371. The van der Waals surface area contributed by atoms with Crippen LogP contribution in [0.4, 0.5) is 5.82 Å². The van der Waals surface area contributed by atoms with Gasteiger partial charge < -0.3 is 25.2 Å². The number of rotatable bonds is 12. The van der Waals surface area contributed by atoms with Crippen molar-refractivity contribution in [1.29, 1.82) is 0 Å². The second-order valence-electron chi connectivity index (χ2n) is 12.3. The summed E-state index contributed by atoms with van der Waals surface area (Å²) >= 11 is 0. The van der Waals surface area contributed by atoms with E-state index in [0.29, 0.717) is 41.3 Å². The molecule has 0 fully saturated rings. The maximum absolute atomic E-state index is 13.7. The van der Waals surface area contributed by atoms with Gasteiger partial charge in [-0.25, -0.2) is 4.98 Å². The molecule has 0 spiro atoms. The first-order valence-electron chi connectivity index (χ1n) is 15.3. The van der Waals surface area contributed by atoms with E-state index in [4.69, 9.17) is 14.5 Å². The maximum atomic E-state index is 13.7. The van der Waals surface area contributed by atoms with Crippen LogP contribution in [0.15, 0.2) is 66.9 Å². The zero-order chi connectivity index (χ0) is 32.0. The number of ether oxygens (including phenoxy) is 2. The molecular weight excluding hydrogens is 570 g/mol. The van der Waals surface area contributed by atoms with Gasteiger partial charge in [0.05, 0.1) is 42.1 Å². The number of fused-ring (bicyclic) bond motifs is 1. The molecule has 1 aliphatic rings. The Hall–Kier alpha value is -4.70. The van der Waals surface area contributed by atoms with Crippen molar-refractivity contribution in [3.63, 3.8) is 0 Å². The molecule has 4 aromatic rings. The Balaban J connectivity index is 1.35. The van der Waals surface area contributed by atoms with Crippen LogP contribution in [-0.2, 0) is 35.5 Å².